The summed E-state index contributed by atoms with van der Waals surface area (Å²) in [5.41, 5.74) is -3.32. The number of carbonyl (C=O) groups is 1. The molecule has 1 amide bonds. The highest BCUT2D eigenvalue weighted by molar-refractivity contribution is 8.00. The maximum Gasteiger partial charge on any atom is 0.446 e. The summed E-state index contributed by atoms with van der Waals surface area (Å²) in [6, 6.07) is 17.5. The van der Waals surface area contributed by atoms with Crippen molar-refractivity contribution >= 4 is 45.3 Å². The van der Waals surface area contributed by atoms with Crippen molar-refractivity contribution in [3.8, 4) is 11.5 Å². The van der Waals surface area contributed by atoms with Crippen molar-refractivity contribution in [3.05, 3.63) is 89.0 Å². The second-order valence-corrected chi connectivity index (χ2v) is 8.92. The quantitative estimate of drug-likeness (QED) is 0.280. The van der Waals surface area contributed by atoms with Crippen LogP contribution in [0.3, 0.4) is 0 Å². The fraction of sp³-hybridized carbons (Fsp3) is 0.0800. The number of pyridine rings is 1. The van der Waals surface area contributed by atoms with Crippen LogP contribution in [0, 0.1) is 0 Å². The van der Waals surface area contributed by atoms with Crippen molar-refractivity contribution in [2.45, 2.75) is 10.4 Å². The maximum atomic E-state index is 12.9. The lowest BCUT2D eigenvalue weighted by Crippen LogP contribution is -2.12. The molecule has 7 nitrogen and oxygen atoms in total. The fourth-order valence-corrected chi connectivity index (χ4v) is 4.44. The summed E-state index contributed by atoms with van der Waals surface area (Å²) in [4.78, 5) is 31.6. The van der Waals surface area contributed by atoms with Gasteiger partial charge in [0.2, 0.25) is 0 Å². The van der Waals surface area contributed by atoms with Crippen LogP contribution in [-0.2, 0) is 7.05 Å². The second-order valence-electron chi connectivity index (χ2n) is 7.78. The molecule has 182 valence electrons. The van der Waals surface area contributed by atoms with Gasteiger partial charge in [-0.05, 0) is 42.1 Å². The van der Waals surface area contributed by atoms with Crippen LogP contribution < -0.4 is 15.7 Å². The number of aryl methyl sites for hydroxylation is 1. The van der Waals surface area contributed by atoms with E-state index in [-0.39, 0.29) is 27.9 Å². The molecular formula is C25H17F3N4O3S. The van der Waals surface area contributed by atoms with Gasteiger partial charge in [0.05, 0.1) is 0 Å². The molecule has 2 N–H and O–H groups in total. The van der Waals surface area contributed by atoms with Gasteiger partial charge < -0.3 is 10.1 Å². The Morgan fingerprint density at radius 1 is 1.03 bits per heavy atom. The summed E-state index contributed by atoms with van der Waals surface area (Å²) in [5.74, 6) is 0.353. The van der Waals surface area contributed by atoms with Gasteiger partial charge in [-0.2, -0.15) is 13.2 Å². The number of benzene rings is 3. The number of amides is 1. The minimum absolute atomic E-state index is 0.0772. The molecule has 36 heavy (non-hydrogen) atoms. The topological polar surface area (TPSA) is 89.0 Å². The zero-order valence-corrected chi connectivity index (χ0v) is 19.4. The van der Waals surface area contributed by atoms with Gasteiger partial charge in [-0.3, -0.25) is 14.3 Å². The molecule has 0 radical (unpaired) electrons. The Kier molecular flexibility index (Phi) is 5.92. The molecule has 5 rings (SSSR count). The highest BCUT2D eigenvalue weighted by Gasteiger charge is 2.29. The number of hydrogen-bond acceptors (Lipinski definition) is 5. The number of H-pyrrole nitrogens is 1. The maximum absolute atomic E-state index is 12.9. The average molecular weight is 510 g/mol. The molecule has 3 aromatic carbocycles. The highest BCUT2D eigenvalue weighted by Crippen LogP contribution is 2.38. The van der Waals surface area contributed by atoms with E-state index in [0.29, 0.717) is 39.1 Å². The van der Waals surface area contributed by atoms with Crippen molar-refractivity contribution in [3.63, 3.8) is 0 Å². The Bertz CT molecular complexity index is 1680. The summed E-state index contributed by atoms with van der Waals surface area (Å²) < 4.78 is 45.7. The summed E-state index contributed by atoms with van der Waals surface area (Å²) in [6.45, 7) is 0. The second kappa shape index (κ2) is 9.08. The molecule has 0 aliphatic heterocycles. The number of fused-ring (bicyclic) bond motifs is 2. The Morgan fingerprint density at radius 2 is 1.81 bits per heavy atom. The third-order valence-electron chi connectivity index (χ3n) is 5.43. The van der Waals surface area contributed by atoms with E-state index in [1.54, 1.807) is 37.4 Å². The number of nitrogens with zero attached hydrogens (tertiary/aromatic N) is 2. The zero-order chi connectivity index (χ0) is 25.4. The van der Waals surface area contributed by atoms with Crippen molar-refractivity contribution in [2.75, 3.05) is 5.32 Å². The minimum atomic E-state index is -4.45. The molecule has 0 saturated carbocycles. The number of aromatic nitrogens is 3. The van der Waals surface area contributed by atoms with Crippen LogP contribution in [0.1, 0.15) is 10.4 Å². The number of anilines is 1. The van der Waals surface area contributed by atoms with Crippen molar-refractivity contribution < 1.29 is 22.7 Å². The Hall–Kier alpha value is -4.25. The van der Waals surface area contributed by atoms with Crippen LogP contribution in [0.5, 0.6) is 11.5 Å². The molecule has 11 heteroatoms. The van der Waals surface area contributed by atoms with Gasteiger partial charge >= 0.3 is 11.2 Å². The van der Waals surface area contributed by atoms with Gasteiger partial charge in [0.15, 0.2) is 11.4 Å². The van der Waals surface area contributed by atoms with E-state index in [1.807, 2.05) is 12.1 Å². The number of imidazole rings is 1. The summed E-state index contributed by atoms with van der Waals surface area (Å²) in [6.07, 6.45) is 1.52. The molecule has 2 heterocycles. The standard InChI is InChI=1S/C25H17F3N4O3S/c1-32-21-20(11-12-29-22(21)31-24(32)34)35-19-10-9-18(16-7-2-3-8-17(16)19)30-23(33)14-5-4-6-15(13-14)36-25(26,27)28/h2-13H,1H3,(H,30,33)(H,29,31,34). The number of nitrogens with one attached hydrogen (secondary N) is 2. The first kappa shape index (κ1) is 23.5. The number of ether oxygens (including phenoxy) is 1. The van der Waals surface area contributed by atoms with Gasteiger partial charge in [-0.15, -0.1) is 0 Å². The third-order valence-corrected chi connectivity index (χ3v) is 6.16. The molecule has 0 fully saturated rings. The normalized spacial score (nSPS) is 11.7. The zero-order valence-electron chi connectivity index (χ0n) is 18.6. The van der Waals surface area contributed by atoms with E-state index in [4.69, 9.17) is 4.74 Å². The summed E-state index contributed by atoms with van der Waals surface area (Å²) in [5, 5.41) is 4.13. The van der Waals surface area contributed by atoms with Crippen LogP contribution in [0.15, 0.2) is 82.6 Å². The lowest BCUT2D eigenvalue weighted by atomic mass is 10.1. The molecule has 0 spiro atoms. The lowest BCUT2D eigenvalue weighted by Gasteiger charge is -2.14. The predicted octanol–water partition coefficient (Wildman–Crippen LogP) is 6.07. The predicted molar refractivity (Wildman–Crippen MR) is 132 cm³/mol. The molecule has 2 aromatic heterocycles. The van der Waals surface area contributed by atoms with Crippen molar-refractivity contribution in [2.24, 2.45) is 7.05 Å². The molecule has 0 unspecified atom stereocenters. The Morgan fingerprint density at radius 3 is 2.58 bits per heavy atom. The number of rotatable bonds is 5. The SMILES string of the molecule is Cn1c(=O)[nH]c2nccc(Oc3ccc(NC(=O)c4cccc(SC(F)(F)F)c4)c4ccccc34)c21. The molecule has 0 atom stereocenters. The van der Waals surface area contributed by atoms with Crippen LogP contribution in [0.4, 0.5) is 18.9 Å². The number of thioether (sulfide) groups is 1. The van der Waals surface area contributed by atoms with Gasteiger partial charge in [-0.1, -0.05) is 30.3 Å². The number of aromatic amines is 1. The van der Waals surface area contributed by atoms with E-state index in [0.717, 1.165) is 0 Å². The average Bonchev–Trinajstić information content (AvgIpc) is 3.14. The fourth-order valence-electron chi connectivity index (χ4n) is 3.84. The van der Waals surface area contributed by atoms with E-state index >= 15 is 0 Å². The summed E-state index contributed by atoms with van der Waals surface area (Å²) in [7, 11) is 1.61. The van der Waals surface area contributed by atoms with Crippen molar-refractivity contribution in [1.82, 2.24) is 14.5 Å². The molecule has 5 aromatic rings. The van der Waals surface area contributed by atoms with E-state index in [2.05, 4.69) is 15.3 Å². The smallest absolute Gasteiger partial charge is 0.446 e. The van der Waals surface area contributed by atoms with Gasteiger partial charge in [0.1, 0.15) is 11.3 Å². The third kappa shape index (κ3) is 4.65. The van der Waals surface area contributed by atoms with E-state index in [1.165, 1.54) is 35.0 Å². The monoisotopic (exact) mass is 510 g/mol. The molecular weight excluding hydrogens is 493 g/mol. The number of alkyl halides is 3. The molecule has 0 aliphatic rings. The number of hydrogen-bond donors (Lipinski definition) is 2. The van der Waals surface area contributed by atoms with Crippen LogP contribution in [0.25, 0.3) is 21.9 Å². The van der Waals surface area contributed by atoms with Crippen LogP contribution in [-0.4, -0.2) is 26.0 Å². The first-order valence-corrected chi connectivity index (χ1v) is 11.4. The molecule has 0 bridgehead atoms. The summed E-state index contributed by atoms with van der Waals surface area (Å²) >= 11 is -0.277. The lowest BCUT2D eigenvalue weighted by molar-refractivity contribution is -0.0328. The van der Waals surface area contributed by atoms with E-state index in [9.17, 15) is 22.8 Å². The van der Waals surface area contributed by atoms with E-state index < -0.39 is 11.4 Å². The Labute approximate surface area is 205 Å². The minimum Gasteiger partial charge on any atom is -0.454 e. The molecule has 0 saturated heterocycles. The van der Waals surface area contributed by atoms with Gasteiger partial charge in [0, 0.05) is 46.2 Å². The highest BCUT2D eigenvalue weighted by atomic mass is 32.2. The largest absolute Gasteiger partial charge is 0.454 e. The first-order chi connectivity index (χ1) is 17.2. The first-order valence-electron chi connectivity index (χ1n) is 10.6. The number of halogens is 3. The van der Waals surface area contributed by atoms with Crippen LogP contribution in [0.2, 0.25) is 0 Å². The molecule has 0 aliphatic carbocycles. The number of carbonyl (C=O) groups excluding carboxylic acids is 1. The van der Waals surface area contributed by atoms with Gasteiger partial charge in [-0.25, -0.2) is 9.78 Å². The van der Waals surface area contributed by atoms with Crippen LogP contribution >= 0.6 is 11.8 Å². The van der Waals surface area contributed by atoms with Gasteiger partial charge in [0.25, 0.3) is 5.91 Å². The Balaban J connectivity index is 1.47. The van der Waals surface area contributed by atoms with Crippen molar-refractivity contribution in [1.29, 1.82) is 0 Å².